The first-order valence-corrected chi connectivity index (χ1v) is 6.28. The Morgan fingerprint density at radius 3 is 1.75 bits per heavy atom. The molecule has 7 nitrogen and oxygen atoms in total. The minimum Gasteiger partial charge on any atom is -0.370 e. The molecule has 0 aromatic rings. The molecule has 0 atom stereocenters. The first kappa shape index (κ1) is 18.2. The van der Waals surface area contributed by atoms with E-state index in [1.54, 1.807) is 0 Å². The van der Waals surface area contributed by atoms with Crippen LogP contribution in [0.2, 0.25) is 0 Å². The fourth-order valence-corrected chi connectivity index (χ4v) is 1.10. The highest BCUT2D eigenvalue weighted by Crippen LogP contribution is 2.05. The van der Waals surface area contributed by atoms with Gasteiger partial charge in [-0.05, 0) is 6.92 Å². The topological polar surface area (TPSA) is 101 Å². The minimum atomic E-state index is -4.67. The van der Waals surface area contributed by atoms with Gasteiger partial charge in [0, 0.05) is 0 Å². The van der Waals surface area contributed by atoms with Crippen LogP contribution in [0.5, 0.6) is 0 Å². The van der Waals surface area contributed by atoms with Crippen molar-refractivity contribution in [1.29, 1.82) is 0 Å². The van der Waals surface area contributed by atoms with Crippen molar-refractivity contribution in [2.24, 2.45) is 0 Å². The van der Waals surface area contributed by atoms with Crippen LogP contribution in [0, 0.1) is 0 Å². The van der Waals surface area contributed by atoms with Crippen LogP contribution in [-0.4, -0.2) is 66.1 Å². The Bertz CT molecular complexity index is 254. The summed E-state index contributed by atoms with van der Waals surface area (Å²) < 4.78 is 45.9. The van der Waals surface area contributed by atoms with Crippen LogP contribution in [0.3, 0.4) is 0 Å². The number of morpholine rings is 1. The Kier molecular flexibility index (Phi) is 10.1. The molecule has 0 spiro atoms. The molecule has 0 saturated carbocycles. The molecule has 1 fully saturated rings. The van der Waals surface area contributed by atoms with E-state index in [0.29, 0.717) is 0 Å². The van der Waals surface area contributed by atoms with E-state index in [-0.39, 0.29) is 0 Å². The summed E-state index contributed by atoms with van der Waals surface area (Å²) in [6, 6.07) is 0. The molecule has 0 aromatic heterocycles. The summed E-state index contributed by atoms with van der Waals surface area (Å²) in [7, 11) is -2.37. The Hall–Kier alpha value is -0.190. The highest BCUT2D eigenvalue weighted by atomic mass is 32.3. The molecule has 1 aliphatic heterocycles. The van der Waals surface area contributed by atoms with E-state index in [4.69, 9.17) is 26.5 Å². The maximum atomic E-state index is 8.74. The van der Waals surface area contributed by atoms with Gasteiger partial charge in [-0.15, -0.1) is 0 Å². The van der Waals surface area contributed by atoms with Crippen LogP contribution in [0.4, 0.5) is 0 Å². The monoisotopic (exact) mass is 276 g/mol. The average molecular weight is 276 g/mol. The van der Waals surface area contributed by atoms with Gasteiger partial charge >= 0.3 is 10.4 Å². The van der Waals surface area contributed by atoms with Crippen molar-refractivity contribution >= 4 is 22.9 Å². The molecular weight excluding hydrogens is 258 g/mol. The lowest BCUT2D eigenvalue weighted by molar-refractivity contribution is -0.915. The molecule has 0 unspecified atom stereocenters. The fraction of sp³-hybridized carbons (Fsp3) is 1.00. The Balaban J connectivity index is 0. The summed E-state index contributed by atoms with van der Waals surface area (Å²) in [5.74, 6) is 0. The zero-order valence-electron chi connectivity index (χ0n) is 9.33. The Morgan fingerprint density at radius 2 is 1.56 bits per heavy atom. The number of rotatable bonds is 1. The van der Waals surface area contributed by atoms with Crippen molar-refractivity contribution in [3.8, 4) is 0 Å². The second kappa shape index (κ2) is 8.90. The number of hydrogen-bond acceptors (Lipinski definition) is 5. The lowest BCUT2D eigenvalue weighted by Crippen LogP contribution is -2.51. The van der Waals surface area contributed by atoms with Gasteiger partial charge in [0.2, 0.25) is 0 Å². The molecule has 1 aliphatic rings. The van der Waals surface area contributed by atoms with Gasteiger partial charge in [0.25, 0.3) is 0 Å². The largest absolute Gasteiger partial charge is 0.394 e. The number of quaternary nitrogens is 1. The SMILES string of the molecule is CC[N+]1(C)CCOCC1.O=S.O=S(=O)(O)O. The lowest BCUT2D eigenvalue weighted by atomic mass is 10.3. The molecule has 0 amide bonds. The molecule has 9 heteroatoms. The predicted octanol–water partition coefficient (Wildman–Crippen LogP) is -0.506. The van der Waals surface area contributed by atoms with E-state index < -0.39 is 10.4 Å². The summed E-state index contributed by atoms with van der Waals surface area (Å²) in [5, 5.41) is 0. The lowest BCUT2D eigenvalue weighted by Gasteiger charge is -2.36. The standard InChI is InChI=1S/C7H16NO.H2O4S.OS/c1-3-8(2)4-6-9-7-5-8;1-5(2,3)4;1-2/h3-7H2,1-2H3;(H2,1,2,3,4);/q+1;;. The van der Waals surface area contributed by atoms with Crippen molar-refractivity contribution in [3.05, 3.63) is 0 Å². The zero-order chi connectivity index (χ0) is 13.2. The van der Waals surface area contributed by atoms with E-state index in [2.05, 4.69) is 26.5 Å². The Morgan fingerprint density at radius 1 is 1.25 bits per heavy atom. The second-order valence-electron chi connectivity index (χ2n) is 3.44. The molecule has 0 aromatic carbocycles. The molecule has 98 valence electrons. The maximum absolute atomic E-state index is 8.74. The average Bonchev–Trinajstić information content (AvgIpc) is 2.20. The number of ether oxygens (including phenoxy) is 1. The van der Waals surface area contributed by atoms with Crippen molar-refractivity contribution < 1.29 is 31.0 Å². The molecule has 1 saturated heterocycles. The van der Waals surface area contributed by atoms with Gasteiger partial charge in [-0.25, -0.2) is 0 Å². The van der Waals surface area contributed by atoms with Crippen molar-refractivity contribution in [1.82, 2.24) is 0 Å². The van der Waals surface area contributed by atoms with Gasteiger partial charge in [-0.1, -0.05) is 0 Å². The van der Waals surface area contributed by atoms with Gasteiger partial charge in [0.05, 0.1) is 26.8 Å². The summed E-state index contributed by atoms with van der Waals surface area (Å²) in [5.41, 5.74) is 0. The molecule has 0 aliphatic carbocycles. The third-order valence-corrected chi connectivity index (χ3v) is 2.31. The highest BCUT2D eigenvalue weighted by molar-refractivity contribution is 7.79. The minimum absolute atomic E-state index is 0.949. The summed E-state index contributed by atoms with van der Waals surface area (Å²) in [6.45, 7) is 7.76. The van der Waals surface area contributed by atoms with E-state index >= 15 is 0 Å². The van der Waals surface area contributed by atoms with Gasteiger partial charge in [-0.2, -0.15) is 12.6 Å². The quantitative estimate of drug-likeness (QED) is 0.491. The van der Waals surface area contributed by atoms with Crippen LogP contribution in [0.15, 0.2) is 0 Å². The van der Waals surface area contributed by atoms with E-state index in [0.717, 1.165) is 13.2 Å². The summed E-state index contributed by atoms with van der Waals surface area (Å²) >= 11 is 2.83. The molecule has 1 rings (SSSR count). The normalized spacial score (nSPS) is 18.5. The first-order valence-electron chi connectivity index (χ1n) is 4.55. The first-order chi connectivity index (χ1) is 7.27. The zero-order valence-corrected chi connectivity index (χ0v) is 11.0. The van der Waals surface area contributed by atoms with Gasteiger partial charge in [0.1, 0.15) is 13.1 Å². The van der Waals surface area contributed by atoms with Crippen LogP contribution >= 0.6 is 0 Å². The summed E-state index contributed by atoms with van der Waals surface area (Å²) in [6.07, 6.45) is 0. The van der Waals surface area contributed by atoms with Crippen molar-refractivity contribution in [2.75, 3.05) is 39.9 Å². The smallest absolute Gasteiger partial charge is 0.370 e. The van der Waals surface area contributed by atoms with Gasteiger partial charge in [-0.3, -0.25) is 9.11 Å². The predicted molar refractivity (Wildman–Crippen MR) is 59.6 cm³/mol. The van der Waals surface area contributed by atoms with E-state index in [9.17, 15) is 0 Å². The second-order valence-corrected chi connectivity index (χ2v) is 4.34. The van der Waals surface area contributed by atoms with Gasteiger partial charge < -0.3 is 9.22 Å². The van der Waals surface area contributed by atoms with Crippen LogP contribution in [0.1, 0.15) is 6.92 Å². The van der Waals surface area contributed by atoms with Crippen molar-refractivity contribution in [2.45, 2.75) is 6.92 Å². The van der Waals surface area contributed by atoms with Gasteiger partial charge in [0.15, 0.2) is 12.5 Å². The van der Waals surface area contributed by atoms with Crippen molar-refractivity contribution in [3.63, 3.8) is 0 Å². The number of hydrogen-bond donors (Lipinski definition) is 2. The van der Waals surface area contributed by atoms with Crippen LogP contribution in [0.25, 0.3) is 0 Å². The fourth-order valence-electron chi connectivity index (χ4n) is 1.10. The molecule has 2 N–H and O–H groups in total. The highest BCUT2D eigenvalue weighted by Gasteiger charge is 2.21. The molecule has 0 radical (unpaired) electrons. The van der Waals surface area contributed by atoms with Crippen LogP contribution in [-0.2, 0) is 27.7 Å². The molecule has 1 heterocycles. The molecular formula is C7H18NO6S2+. The number of likely N-dealkylation sites (N-methyl/N-ethyl adjacent to an activating group) is 1. The van der Waals surface area contributed by atoms with Crippen LogP contribution < -0.4 is 0 Å². The van der Waals surface area contributed by atoms with E-state index in [1.807, 2.05) is 0 Å². The van der Waals surface area contributed by atoms with E-state index in [1.165, 1.54) is 24.1 Å². The number of nitrogens with zero attached hydrogens (tertiary/aromatic N) is 1. The summed E-state index contributed by atoms with van der Waals surface area (Å²) in [4.78, 5) is 0. The Labute approximate surface area is 101 Å². The molecule has 0 bridgehead atoms. The maximum Gasteiger partial charge on any atom is 0.394 e. The molecule has 16 heavy (non-hydrogen) atoms. The third kappa shape index (κ3) is 13.8. The third-order valence-electron chi connectivity index (χ3n) is 2.31.